The molecule has 7 aromatic heterocycles. The highest BCUT2D eigenvalue weighted by molar-refractivity contribution is 8.39. The van der Waals surface area contributed by atoms with Crippen molar-refractivity contribution in [2.24, 2.45) is 14.1 Å². The number of anilines is 3. The van der Waals surface area contributed by atoms with Crippen molar-refractivity contribution in [1.29, 1.82) is 0 Å². The van der Waals surface area contributed by atoms with E-state index in [1.165, 1.54) is 58.9 Å². The summed E-state index contributed by atoms with van der Waals surface area (Å²) in [6, 6.07) is 3.00. The summed E-state index contributed by atoms with van der Waals surface area (Å²) in [6.45, 7) is 3.34. The van der Waals surface area contributed by atoms with Crippen molar-refractivity contribution in [3.05, 3.63) is 118 Å². The van der Waals surface area contributed by atoms with Crippen LogP contribution in [-0.2, 0) is 60.4 Å². The van der Waals surface area contributed by atoms with E-state index < -0.39 is 96.9 Å². The number of hydrogen-bond acceptors (Lipinski definition) is 30. The van der Waals surface area contributed by atoms with Crippen LogP contribution in [0.2, 0.25) is 0 Å². The van der Waals surface area contributed by atoms with Crippen LogP contribution in [-0.4, -0.2) is 208 Å². The quantitative estimate of drug-likeness (QED) is 0.0248. The van der Waals surface area contributed by atoms with Gasteiger partial charge in [0.25, 0.3) is 16.7 Å². The van der Waals surface area contributed by atoms with Gasteiger partial charge in [0.05, 0.1) is 76.2 Å². The Hall–Kier alpha value is -1.61. The van der Waals surface area contributed by atoms with Crippen LogP contribution in [0.1, 0.15) is 68.8 Å². The number of nitrogens with zero attached hydrogens (tertiary/aromatic N) is 13. The molecule has 38 nitrogen and oxygen atoms in total. The standard InChI is InChI=1S/C11H18N5O4P3.C11H18N5O3P3.C11H19N2O5P3.C10H18N3O4P3.C10H17N2O5P3/c1-12-11-14-9-8(10(18)15-11)13-4-16(9)7-2-5(17)6(20-7)3-19-22-23-21;1-12-10-9-11(14-4-13-10)16(5-15-9)8-2-6(17)7(19-8)3-18-21-22-20;1-6-4-13(11(16)12(2)10(6)15)9-3-7(14)8(18-9)5-17-20-21-19;1-11-8-2-3-13(10(15)12-8)9-4-6(14)7(17-9)5-16-19-20-18;1-11-8(14)2-3-12(10(11)15)9-4-6(13)7(17-9)5-16-19-20-18/h4-7,17,22-23H,2-3,21H2,1H3,(H2,12,14,15,18);4-8,17,21-22H,2-3,20H2,1H3,(H,12,13,14);4,7-9,14,20-21H,3,5,19H2,1-2H3;2-3,6-7,9,14,19-20H,4-5,18H2,1H3,(H,11,12,15);2-3,6-7,9,13,19-20H,4-5,18H2,1H3/t5-,6-,7-;6-,7-,8-;7-,8-,9-;2*6-,7-,9-/m11111/s1. The molecule has 7 aromatic rings. The lowest BCUT2D eigenvalue weighted by Crippen LogP contribution is -2.40. The number of aliphatic hydroxyl groups excluding tert-OH is 5. The Morgan fingerprint density at radius 3 is 1.33 bits per heavy atom. The van der Waals surface area contributed by atoms with Gasteiger partial charge in [-0.25, -0.2) is 34.3 Å². The van der Waals surface area contributed by atoms with Crippen molar-refractivity contribution in [3.63, 3.8) is 0 Å². The highest BCUT2D eigenvalue weighted by Gasteiger charge is 2.40. The van der Waals surface area contributed by atoms with Crippen molar-refractivity contribution in [1.82, 2.24) is 66.9 Å². The van der Waals surface area contributed by atoms with Gasteiger partial charge in [0.1, 0.15) is 79.3 Å². The Bertz CT molecular complexity index is 4310. The second-order valence-electron chi connectivity index (χ2n) is 23.3. The fraction of sp³-hybridized carbons (Fsp3) is 0.585. The van der Waals surface area contributed by atoms with E-state index in [0.717, 1.165) is 9.13 Å². The maximum Gasteiger partial charge on any atom is 0.351 e. The molecule has 588 valence electrons. The first kappa shape index (κ1) is 89.9. The molecule has 5 fully saturated rings. The fourth-order valence-corrected chi connectivity index (χ4v) is 19.0. The van der Waals surface area contributed by atoms with Crippen LogP contribution in [0.4, 0.5) is 17.6 Å². The number of ether oxygens (including phenoxy) is 5. The van der Waals surface area contributed by atoms with E-state index in [0.29, 0.717) is 187 Å². The van der Waals surface area contributed by atoms with Crippen LogP contribution in [0.25, 0.3) is 22.3 Å². The molecule has 0 radical (unpaired) electrons. The zero-order valence-corrected chi connectivity index (χ0v) is 73.6. The predicted octanol–water partition coefficient (Wildman–Crippen LogP) is 3.93. The van der Waals surface area contributed by atoms with Gasteiger partial charge >= 0.3 is 17.1 Å². The van der Waals surface area contributed by atoms with Crippen LogP contribution in [0.15, 0.2) is 78.5 Å². The van der Waals surface area contributed by atoms with Crippen molar-refractivity contribution in [2.75, 3.05) is 70.1 Å². The zero-order chi connectivity index (χ0) is 76.7. The zero-order valence-electron chi connectivity index (χ0n) is 57.8. The SMILES string of the molecule is CNc1ccn([C@H]2C[C@@H](O)[C@@H](COPPP)O2)c(=O)n1.CNc1nc2c(ncn2[C@H]2C[C@@H](O)[C@@H](COPPP)O2)c(=O)[nH]1.CNc1ncnc2c1ncn2[C@H]1C[C@@H](O)[C@@H](COPPP)O1.Cc1cn([C@H]2C[C@@H](O)[C@@H](COPPP)O2)c(=O)n(C)c1=O.Cn1c(=O)ccn([C@H]2C[C@@H](O)[C@@H](COPPP)O2)c1=O. The summed E-state index contributed by atoms with van der Waals surface area (Å²) in [5.74, 6) is 1.53. The average Bonchev–Trinajstić information content (AvgIpc) is 1.40. The number of imidazole rings is 2. The third kappa shape index (κ3) is 24.5. The van der Waals surface area contributed by atoms with E-state index in [-0.39, 0.29) is 34.5 Å². The summed E-state index contributed by atoms with van der Waals surface area (Å²) in [6.07, 6.45) is 3.50. The van der Waals surface area contributed by atoms with Gasteiger partial charge in [-0.3, -0.25) is 51.3 Å². The molecule has 5 aliphatic heterocycles. The molecule has 30 atom stereocenters. The smallest absolute Gasteiger partial charge is 0.351 e. The molecule has 12 rings (SSSR count). The number of aryl methyl sites for hydroxylation is 1. The molecule has 53 heteroatoms. The molecule has 12 heterocycles. The fourth-order valence-electron chi connectivity index (χ4n) is 11.1. The van der Waals surface area contributed by atoms with E-state index in [2.05, 4.69) is 95.5 Å². The summed E-state index contributed by atoms with van der Waals surface area (Å²) in [5, 5.41) is 58.8. The van der Waals surface area contributed by atoms with Crippen LogP contribution in [0.3, 0.4) is 0 Å². The molecule has 0 amide bonds. The van der Waals surface area contributed by atoms with Gasteiger partial charge < -0.3 is 87.8 Å². The van der Waals surface area contributed by atoms with E-state index in [1.54, 1.807) is 51.2 Å². The molecule has 0 spiro atoms. The summed E-state index contributed by atoms with van der Waals surface area (Å²) >= 11 is 0. The first-order valence-corrected chi connectivity index (χ1v) is 55.8. The number of aromatic nitrogens is 14. The number of aliphatic hydroxyl groups is 5. The lowest BCUT2D eigenvalue weighted by atomic mass is 10.2. The highest BCUT2D eigenvalue weighted by Crippen LogP contribution is 2.48. The molecule has 5 aliphatic rings. The minimum atomic E-state index is -0.683. The summed E-state index contributed by atoms with van der Waals surface area (Å²) in [5.41, 5.74) is 0.188. The molecule has 0 aliphatic carbocycles. The number of nitrogens with one attached hydrogen (secondary N) is 4. The minimum Gasteiger partial charge on any atom is -0.390 e. The van der Waals surface area contributed by atoms with Gasteiger partial charge in [0.15, 0.2) is 22.6 Å². The normalized spacial score (nSPS) is 26.4. The predicted molar refractivity (Wildman–Crippen MR) is 441 cm³/mol. The number of fused-ring (bicyclic) bond motifs is 2. The number of hydrogen-bond donors (Lipinski definition) is 9. The molecular weight excluding hydrogens is 1680 g/mol. The second kappa shape index (κ2) is 45.5. The van der Waals surface area contributed by atoms with Crippen molar-refractivity contribution in [2.45, 2.75) is 131 Å². The van der Waals surface area contributed by atoms with Gasteiger partial charge in [0, 0.05) is 140 Å². The second-order valence-corrected chi connectivity index (χ2v) is 47.5. The molecule has 0 saturated carbocycles. The average molecular weight is 1770 g/mol. The van der Waals surface area contributed by atoms with Crippen molar-refractivity contribution >= 4 is 167 Å². The van der Waals surface area contributed by atoms with Gasteiger partial charge in [-0.1, -0.05) is 39.8 Å². The molecule has 106 heavy (non-hydrogen) atoms. The van der Waals surface area contributed by atoms with Gasteiger partial charge in [-0.15, -0.1) is 44.6 Å². The maximum atomic E-state index is 12.1. The third-order valence-corrected chi connectivity index (χ3v) is 27.9. The topological polar surface area (TPSA) is 460 Å². The Kier molecular flexibility index (Phi) is 38.6. The molecular formula is C53H90N17O21P15. The largest absolute Gasteiger partial charge is 0.390 e. The molecule has 9 N–H and O–H groups in total. The Morgan fingerprint density at radius 2 is 0.906 bits per heavy atom. The first-order valence-electron chi connectivity index (χ1n) is 32.2. The Balaban J connectivity index is 0.000000168. The molecule has 0 bridgehead atoms. The summed E-state index contributed by atoms with van der Waals surface area (Å²) in [7, 11) is 26.2. The monoisotopic (exact) mass is 1770 g/mol. The minimum absolute atomic E-state index is 0.243. The number of H-pyrrole nitrogens is 1. The number of aromatic amines is 1. The Labute approximate surface area is 635 Å². The van der Waals surface area contributed by atoms with Crippen molar-refractivity contribution in [3.8, 4) is 0 Å². The third-order valence-electron chi connectivity index (χ3n) is 16.5. The molecule has 0 aromatic carbocycles. The van der Waals surface area contributed by atoms with E-state index in [1.807, 2.05) is 4.57 Å². The van der Waals surface area contributed by atoms with Crippen LogP contribution in [0.5, 0.6) is 0 Å². The number of rotatable bonds is 28. The summed E-state index contributed by atoms with van der Waals surface area (Å²) in [4.78, 5) is 98.6. The van der Waals surface area contributed by atoms with Gasteiger partial charge in [0.2, 0.25) is 5.95 Å². The van der Waals surface area contributed by atoms with Crippen molar-refractivity contribution < 1.29 is 71.8 Å². The first-order chi connectivity index (χ1) is 51.0. The maximum absolute atomic E-state index is 12.1. The summed E-state index contributed by atoms with van der Waals surface area (Å²) < 4.78 is 65.7. The molecule has 5 saturated heterocycles. The Morgan fingerprint density at radius 1 is 0.500 bits per heavy atom. The highest BCUT2D eigenvalue weighted by atomic mass is 32.4. The van der Waals surface area contributed by atoms with E-state index in [4.69, 9.17) is 46.3 Å². The van der Waals surface area contributed by atoms with E-state index >= 15 is 0 Å². The van der Waals surface area contributed by atoms with Crippen LogP contribution < -0.4 is 49.7 Å². The van der Waals surface area contributed by atoms with Gasteiger partial charge in [-0.05, 0) is 13.0 Å². The molecule has 15 unspecified atom stereocenters. The van der Waals surface area contributed by atoms with Crippen LogP contribution in [0, 0.1) is 6.92 Å². The lowest BCUT2D eigenvalue weighted by molar-refractivity contribution is -0.0388. The van der Waals surface area contributed by atoms with Gasteiger partial charge in [-0.2, -0.15) is 9.97 Å². The lowest BCUT2D eigenvalue weighted by Gasteiger charge is -2.17. The van der Waals surface area contributed by atoms with E-state index in [9.17, 15) is 54.3 Å². The van der Waals surface area contributed by atoms with Crippen LogP contribution >= 0.6 is 127 Å².